The normalized spacial score (nSPS) is 19.4. The molecule has 2 heterocycles. The number of pyridine rings is 1. The first-order valence-corrected chi connectivity index (χ1v) is 6.92. The maximum absolute atomic E-state index is 11.3. The molecule has 17 heavy (non-hydrogen) atoms. The Hall–Kier alpha value is -0.850. The van der Waals surface area contributed by atoms with Crippen molar-refractivity contribution in [2.24, 2.45) is 0 Å². The molecule has 0 spiro atoms. The highest BCUT2D eigenvalue weighted by Gasteiger charge is 2.24. The number of carbonyl (C=O) groups is 1. The van der Waals surface area contributed by atoms with Gasteiger partial charge in [-0.05, 0) is 41.1 Å². The summed E-state index contributed by atoms with van der Waals surface area (Å²) >= 11 is 2.25. The minimum atomic E-state index is 0.132. The molecule has 2 rings (SSSR count). The van der Waals surface area contributed by atoms with E-state index in [1.807, 2.05) is 19.2 Å². The maximum atomic E-state index is 11.3. The van der Waals surface area contributed by atoms with Crippen LogP contribution in [0.1, 0.15) is 19.8 Å². The lowest BCUT2D eigenvalue weighted by Crippen LogP contribution is -2.36. The molecule has 4 nitrogen and oxygen atoms in total. The summed E-state index contributed by atoms with van der Waals surface area (Å²) in [6, 6.07) is 4.36. The van der Waals surface area contributed by atoms with Crippen molar-refractivity contribution in [3.05, 3.63) is 21.9 Å². The molecule has 1 atom stereocenters. The van der Waals surface area contributed by atoms with E-state index in [2.05, 4.69) is 43.9 Å². The summed E-state index contributed by atoms with van der Waals surface area (Å²) in [6.45, 7) is 3.70. The number of hydrogen-bond acceptors (Lipinski definition) is 3. The Kier molecular flexibility index (Phi) is 4.20. The number of anilines is 1. The molecule has 1 saturated heterocycles. The van der Waals surface area contributed by atoms with E-state index in [1.165, 1.54) is 0 Å². The van der Waals surface area contributed by atoms with E-state index in [1.54, 1.807) is 0 Å². The van der Waals surface area contributed by atoms with Crippen molar-refractivity contribution in [1.29, 1.82) is 0 Å². The molecule has 0 saturated carbocycles. The van der Waals surface area contributed by atoms with Crippen molar-refractivity contribution in [3.63, 3.8) is 0 Å². The summed E-state index contributed by atoms with van der Waals surface area (Å²) in [5.41, 5.74) is 0. The van der Waals surface area contributed by atoms with Crippen LogP contribution >= 0.6 is 22.6 Å². The zero-order valence-corrected chi connectivity index (χ0v) is 12.0. The average molecular weight is 345 g/mol. The van der Waals surface area contributed by atoms with Crippen molar-refractivity contribution in [1.82, 2.24) is 10.3 Å². The number of nitrogens with zero attached hydrogens (tertiary/aromatic N) is 2. The van der Waals surface area contributed by atoms with Gasteiger partial charge < -0.3 is 10.2 Å². The van der Waals surface area contributed by atoms with Gasteiger partial charge >= 0.3 is 0 Å². The molecule has 1 N–H and O–H groups in total. The highest BCUT2D eigenvalue weighted by atomic mass is 127. The molecular weight excluding hydrogens is 329 g/mol. The minimum Gasteiger partial charge on any atom is -0.354 e. The molecule has 0 bridgehead atoms. The highest BCUT2D eigenvalue weighted by molar-refractivity contribution is 14.1. The minimum absolute atomic E-state index is 0.132. The van der Waals surface area contributed by atoms with Gasteiger partial charge in [-0.25, -0.2) is 4.98 Å². The van der Waals surface area contributed by atoms with Gasteiger partial charge in [0.25, 0.3) is 0 Å². The third-order valence-corrected chi connectivity index (χ3v) is 3.55. The topological polar surface area (TPSA) is 45.2 Å². The van der Waals surface area contributed by atoms with Crippen molar-refractivity contribution in [2.45, 2.75) is 25.8 Å². The van der Waals surface area contributed by atoms with E-state index in [0.29, 0.717) is 6.42 Å². The quantitative estimate of drug-likeness (QED) is 0.850. The number of hydrogen-bond donors (Lipinski definition) is 1. The van der Waals surface area contributed by atoms with E-state index in [-0.39, 0.29) is 11.9 Å². The second-order valence-corrected chi connectivity index (χ2v) is 5.43. The van der Waals surface area contributed by atoms with E-state index in [4.69, 9.17) is 0 Å². The van der Waals surface area contributed by atoms with Gasteiger partial charge in [0.15, 0.2) is 0 Å². The molecule has 0 aliphatic carbocycles. The zero-order chi connectivity index (χ0) is 12.3. The molecular formula is C12H16IN3O. The van der Waals surface area contributed by atoms with Crippen LogP contribution in [0.2, 0.25) is 0 Å². The summed E-state index contributed by atoms with van der Waals surface area (Å²) < 4.78 is 1.14. The fourth-order valence-corrected chi connectivity index (χ4v) is 2.29. The smallest absolute Gasteiger partial charge is 0.219 e. The Morgan fingerprint density at radius 1 is 1.65 bits per heavy atom. The van der Waals surface area contributed by atoms with Crippen LogP contribution in [0, 0.1) is 3.57 Å². The molecule has 1 aromatic heterocycles. The summed E-state index contributed by atoms with van der Waals surface area (Å²) in [4.78, 5) is 17.9. The summed E-state index contributed by atoms with van der Waals surface area (Å²) in [5, 5.41) is 3.03. The van der Waals surface area contributed by atoms with Crippen LogP contribution in [-0.4, -0.2) is 30.0 Å². The van der Waals surface area contributed by atoms with Gasteiger partial charge in [0.2, 0.25) is 5.91 Å². The summed E-state index contributed by atoms with van der Waals surface area (Å²) in [5.74, 6) is 1.13. The van der Waals surface area contributed by atoms with Gasteiger partial charge in [-0.15, -0.1) is 0 Å². The molecule has 92 valence electrons. The Balaban J connectivity index is 1.93. The standard InChI is InChI=1S/C12H16IN3O/c1-2-12(17)15-10-5-6-16(8-10)11-4-3-9(13)7-14-11/h3-4,7,10H,2,5-6,8H2,1H3,(H,15,17)/t10-/m1/s1. The second kappa shape index (κ2) is 5.66. The van der Waals surface area contributed by atoms with E-state index in [0.717, 1.165) is 28.9 Å². The first-order valence-electron chi connectivity index (χ1n) is 5.85. The number of aromatic nitrogens is 1. The van der Waals surface area contributed by atoms with Crippen LogP contribution in [0.15, 0.2) is 18.3 Å². The van der Waals surface area contributed by atoms with Crippen molar-refractivity contribution in [2.75, 3.05) is 18.0 Å². The molecule has 1 amide bonds. The van der Waals surface area contributed by atoms with Crippen LogP contribution in [-0.2, 0) is 4.79 Å². The van der Waals surface area contributed by atoms with Crippen LogP contribution in [0.25, 0.3) is 0 Å². The van der Waals surface area contributed by atoms with Crippen molar-refractivity contribution in [3.8, 4) is 0 Å². The third-order valence-electron chi connectivity index (χ3n) is 2.91. The monoisotopic (exact) mass is 345 g/mol. The van der Waals surface area contributed by atoms with Crippen molar-refractivity contribution >= 4 is 34.3 Å². The summed E-state index contributed by atoms with van der Waals surface area (Å²) in [6.07, 6.45) is 3.42. The van der Waals surface area contributed by atoms with E-state index >= 15 is 0 Å². The van der Waals surface area contributed by atoms with Crippen molar-refractivity contribution < 1.29 is 4.79 Å². The molecule has 1 aromatic rings. The molecule has 1 aliphatic rings. The lowest BCUT2D eigenvalue weighted by atomic mass is 10.2. The number of amides is 1. The molecule has 0 radical (unpaired) electrons. The average Bonchev–Trinajstić information content (AvgIpc) is 2.78. The number of rotatable bonds is 3. The lowest BCUT2D eigenvalue weighted by Gasteiger charge is -2.17. The Labute approximate surface area is 115 Å². The first kappa shape index (κ1) is 12.6. The molecule has 5 heteroatoms. The predicted octanol–water partition coefficient (Wildman–Crippen LogP) is 1.79. The van der Waals surface area contributed by atoms with Crippen LogP contribution in [0.3, 0.4) is 0 Å². The fraction of sp³-hybridized carbons (Fsp3) is 0.500. The molecule has 1 fully saturated rings. The van der Waals surface area contributed by atoms with Gasteiger partial charge in [-0.2, -0.15) is 0 Å². The second-order valence-electron chi connectivity index (χ2n) is 4.19. The van der Waals surface area contributed by atoms with Crippen LogP contribution < -0.4 is 10.2 Å². The van der Waals surface area contributed by atoms with Gasteiger partial charge in [0.1, 0.15) is 5.82 Å². The van der Waals surface area contributed by atoms with E-state index < -0.39 is 0 Å². The maximum Gasteiger partial charge on any atom is 0.219 e. The predicted molar refractivity (Wildman–Crippen MR) is 76.0 cm³/mol. The fourth-order valence-electron chi connectivity index (χ4n) is 1.97. The Morgan fingerprint density at radius 3 is 3.12 bits per heavy atom. The highest BCUT2D eigenvalue weighted by Crippen LogP contribution is 2.18. The largest absolute Gasteiger partial charge is 0.354 e. The first-order chi connectivity index (χ1) is 8.19. The summed E-state index contributed by atoms with van der Waals surface area (Å²) in [7, 11) is 0. The van der Waals surface area contributed by atoms with Crippen LogP contribution in [0.4, 0.5) is 5.82 Å². The van der Waals surface area contributed by atoms with Gasteiger partial charge in [-0.3, -0.25) is 4.79 Å². The lowest BCUT2D eigenvalue weighted by molar-refractivity contribution is -0.121. The third kappa shape index (κ3) is 3.31. The SMILES string of the molecule is CCC(=O)N[C@@H]1CCN(c2ccc(I)cn2)C1. The number of nitrogens with one attached hydrogen (secondary N) is 1. The van der Waals surface area contributed by atoms with Gasteiger partial charge in [0.05, 0.1) is 0 Å². The van der Waals surface area contributed by atoms with E-state index in [9.17, 15) is 4.79 Å². The van der Waals surface area contributed by atoms with Gasteiger partial charge in [-0.1, -0.05) is 6.92 Å². The molecule has 1 aliphatic heterocycles. The van der Waals surface area contributed by atoms with Gasteiger partial charge in [0, 0.05) is 35.3 Å². The van der Waals surface area contributed by atoms with Crippen LogP contribution in [0.5, 0.6) is 0 Å². The molecule has 0 unspecified atom stereocenters. The Morgan fingerprint density at radius 2 is 2.47 bits per heavy atom. The zero-order valence-electron chi connectivity index (χ0n) is 9.82. The number of carbonyl (C=O) groups excluding carboxylic acids is 1. The Bertz CT molecular complexity index is 393. The molecule has 0 aromatic carbocycles. The number of halogens is 1.